The van der Waals surface area contributed by atoms with Gasteiger partial charge in [0.25, 0.3) is 0 Å². The molecule has 28 heavy (non-hydrogen) atoms. The van der Waals surface area contributed by atoms with Crippen molar-refractivity contribution >= 4 is 17.7 Å². The Kier molecular flexibility index (Phi) is 5.10. The van der Waals surface area contributed by atoms with Crippen molar-refractivity contribution in [3.63, 3.8) is 0 Å². The van der Waals surface area contributed by atoms with Crippen molar-refractivity contribution in [1.29, 1.82) is 5.26 Å². The summed E-state index contributed by atoms with van der Waals surface area (Å²) in [4.78, 5) is 22.3. The van der Waals surface area contributed by atoms with Gasteiger partial charge in [-0.1, -0.05) is 0 Å². The Labute approximate surface area is 163 Å². The van der Waals surface area contributed by atoms with Crippen LogP contribution in [0, 0.1) is 11.3 Å². The minimum absolute atomic E-state index is 0.0469. The summed E-state index contributed by atoms with van der Waals surface area (Å²) < 4.78 is 5.73. The fraction of sp³-hybridized carbons (Fsp3) is 0.526. The predicted octanol–water partition coefficient (Wildman–Crippen LogP) is 3.07. The maximum atomic E-state index is 12.3. The van der Waals surface area contributed by atoms with E-state index < -0.39 is 0 Å². The fourth-order valence-corrected chi connectivity index (χ4v) is 3.94. The van der Waals surface area contributed by atoms with Crippen molar-refractivity contribution in [1.82, 2.24) is 25.1 Å². The highest BCUT2D eigenvalue weighted by Gasteiger charge is 2.33. The van der Waals surface area contributed by atoms with Gasteiger partial charge in [-0.05, 0) is 39.0 Å². The molecule has 1 aliphatic heterocycles. The van der Waals surface area contributed by atoms with E-state index in [1.165, 1.54) is 12.4 Å². The number of aromatic amines is 1. The van der Waals surface area contributed by atoms with E-state index in [1.54, 1.807) is 0 Å². The summed E-state index contributed by atoms with van der Waals surface area (Å²) in [6.07, 6.45) is 7.40. The van der Waals surface area contributed by atoms with Gasteiger partial charge in [0.15, 0.2) is 11.5 Å². The number of rotatable bonds is 4. The van der Waals surface area contributed by atoms with Crippen LogP contribution >= 0.6 is 0 Å². The lowest BCUT2D eigenvalue weighted by molar-refractivity contribution is 0.0633. The molecule has 0 bridgehead atoms. The Bertz CT molecular complexity index is 873. The summed E-state index contributed by atoms with van der Waals surface area (Å²) in [6, 6.07) is 4.15. The summed E-state index contributed by atoms with van der Waals surface area (Å²) in [5.74, 6) is 1.44. The Morgan fingerprint density at radius 3 is 2.93 bits per heavy atom. The minimum Gasteiger partial charge on any atom is -0.446 e. The van der Waals surface area contributed by atoms with Gasteiger partial charge in [0.05, 0.1) is 12.4 Å². The number of carbonyl (C=O) groups excluding carboxylic acids is 1. The molecule has 146 valence electrons. The van der Waals surface area contributed by atoms with Gasteiger partial charge in [-0.15, -0.1) is 0 Å². The number of ether oxygens (including phenoxy) is 1. The molecule has 1 saturated heterocycles. The number of nitriles is 1. The smallest absolute Gasteiger partial charge is 0.410 e. The zero-order valence-corrected chi connectivity index (χ0v) is 15.8. The Hall–Kier alpha value is -3.15. The summed E-state index contributed by atoms with van der Waals surface area (Å²) in [5, 5.41) is 19.2. The number of carbonyl (C=O) groups is 1. The number of hydrogen-bond donors (Lipinski definition) is 2. The van der Waals surface area contributed by atoms with Crippen LogP contribution in [0.1, 0.15) is 56.3 Å². The lowest BCUT2D eigenvalue weighted by Gasteiger charge is -2.23. The van der Waals surface area contributed by atoms with Crippen molar-refractivity contribution in [3.8, 4) is 6.07 Å². The highest BCUT2D eigenvalue weighted by Crippen LogP contribution is 2.36. The average molecular weight is 381 g/mol. The molecule has 1 saturated carbocycles. The summed E-state index contributed by atoms with van der Waals surface area (Å²) in [7, 11) is 0. The molecule has 2 N–H and O–H groups in total. The lowest BCUT2D eigenvalue weighted by Crippen LogP contribution is -2.36. The first-order valence-electron chi connectivity index (χ1n) is 9.64. The third-order valence-electron chi connectivity index (χ3n) is 5.50. The molecule has 4 rings (SSSR count). The average Bonchev–Trinajstić information content (AvgIpc) is 3.43. The first-order chi connectivity index (χ1) is 13.6. The van der Waals surface area contributed by atoms with Gasteiger partial charge in [-0.2, -0.15) is 10.4 Å². The number of hydrogen-bond acceptors (Lipinski definition) is 7. The monoisotopic (exact) mass is 381 g/mol. The Morgan fingerprint density at radius 1 is 1.32 bits per heavy atom. The summed E-state index contributed by atoms with van der Waals surface area (Å²) in [6.45, 7) is 2.87. The van der Waals surface area contributed by atoms with Crippen molar-refractivity contribution in [2.45, 2.75) is 57.1 Å². The number of likely N-dealkylation sites (tertiary alicyclic amines) is 1. The van der Waals surface area contributed by atoms with Crippen molar-refractivity contribution < 1.29 is 9.53 Å². The van der Waals surface area contributed by atoms with E-state index in [0.717, 1.165) is 44.3 Å². The SMILES string of the molecule is CC1CCCN1C(=O)OC1CCC(c2cc(Nc3cnc(C#N)cn3)n[nH]2)C1. The molecule has 2 fully saturated rings. The standard InChI is InChI=1S/C19H23N7O2/c1-12-3-2-6-26(12)19(27)28-15-5-4-13(7-15)16-8-17(25-24-16)23-18-11-21-14(9-20)10-22-18/h8,10-13,15H,2-7H2,1H3,(H2,22,23,24,25). The second-order valence-corrected chi connectivity index (χ2v) is 7.43. The fourth-order valence-electron chi connectivity index (χ4n) is 3.94. The second-order valence-electron chi connectivity index (χ2n) is 7.43. The van der Waals surface area contributed by atoms with Crippen molar-refractivity contribution in [3.05, 3.63) is 29.8 Å². The van der Waals surface area contributed by atoms with E-state index in [2.05, 4.69) is 32.4 Å². The molecule has 2 aromatic heterocycles. The number of nitrogens with zero attached hydrogens (tertiary/aromatic N) is 5. The third-order valence-corrected chi connectivity index (χ3v) is 5.50. The molecule has 2 aliphatic rings. The van der Waals surface area contributed by atoms with Crippen molar-refractivity contribution in [2.75, 3.05) is 11.9 Å². The molecule has 9 nitrogen and oxygen atoms in total. The van der Waals surface area contributed by atoms with E-state index in [1.807, 2.05) is 17.0 Å². The van der Waals surface area contributed by atoms with Gasteiger partial charge < -0.3 is 15.0 Å². The van der Waals surface area contributed by atoms with Crippen LogP contribution in [0.4, 0.5) is 16.4 Å². The molecule has 1 aliphatic carbocycles. The number of anilines is 2. The molecule has 0 aromatic carbocycles. The van der Waals surface area contributed by atoms with Crippen LogP contribution in [-0.4, -0.2) is 49.8 Å². The van der Waals surface area contributed by atoms with E-state index in [-0.39, 0.29) is 29.9 Å². The van der Waals surface area contributed by atoms with Crippen LogP contribution in [0.3, 0.4) is 0 Å². The Morgan fingerprint density at radius 2 is 2.21 bits per heavy atom. The number of H-pyrrole nitrogens is 1. The van der Waals surface area contributed by atoms with Gasteiger partial charge >= 0.3 is 6.09 Å². The van der Waals surface area contributed by atoms with E-state index >= 15 is 0 Å². The number of aromatic nitrogens is 4. The first-order valence-corrected chi connectivity index (χ1v) is 9.64. The Balaban J connectivity index is 1.32. The number of amides is 1. The van der Waals surface area contributed by atoms with Crippen LogP contribution in [0.25, 0.3) is 0 Å². The highest BCUT2D eigenvalue weighted by molar-refractivity contribution is 5.68. The highest BCUT2D eigenvalue weighted by atomic mass is 16.6. The lowest BCUT2D eigenvalue weighted by atomic mass is 10.0. The molecule has 3 atom stereocenters. The van der Waals surface area contributed by atoms with Crippen LogP contribution in [0.15, 0.2) is 18.5 Å². The summed E-state index contributed by atoms with van der Waals surface area (Å²) >= 11 is 0. The normalized spacial score (nSPS) is 24.1. The van der Waals surface area contributed by atoms with E-state index in [4.69, 9.17) is 10.00 Å². The minimum atomic E-state index is -0.179. The topological polar surface area (TPSA) is 120 Å². The summed E-state index contributed by atoms with van der Waals surface area (Å²) in [5.41, 5.74) is 1.28. The maximum absolute atomic E-state index is 12.3. The van der Waals surface area contributed by atoms with Crippen LogP contribution in [0.2, 0.25) is 0 Å². The molecular formula is C19H23N7O2. The first kappa shape index (κ1) is 18.2. The largest absolute Gasteiger partial charge is 0.446 e. The molecule has 3 unspecified atom stereocenters. The van der Waals surface area contributed by atoms with Gasteiger partial charge in [0.1, 0.15) is 18.0 Å². The third kappa shape index (κ3) is 3.91. The van der Waals surface area contributed by atoms with E-state index in [0.29, 0.717) is 11.6 Å². The van der Waals surface area contributed by atoms with Crippen molar-refractivity contribution in [2.24, 2.45) is 0 Å². The maximum Gasteiger partial charge on any atom is 0.410 e. The zero-order valence-electron chi connectivity index (χ0n) is 15.8. The van der Waals surface area contributed by atoms with E-state index in [9.17, 15) is 4.79 Å². The molecule has 0 radical (unpaired) electrons. The zero-order chi connectivity index (χ0) is 19.5. The van der Waals surface area contributed by atoms with Gasteiger partial charge in [-0.25, -0.2) is 14.8 Å². The quantitative estimate of drug-likeness (QED) is 0.835. The van der Waals surface area contributed by atoms with Crippen LogP contribution in [-0.2, 0) is 4.74 Å². The second kappa shape index (κ2) is 7.84. The van der Waals surface area contributed by atoms with Gasteiger partial charge in [0, 0.05) is 30.3 Å². The molecule has 0 spiro atoms. The molecule has 1 amide bonds. The van der Waals surface area contributed by atoms with Crippen LogP contribution in [0.5, 0.6) is 0 Å². The molecule has 2 aromatic rings. The number of nitrogens with one attached hydrogen (secondary N) is 2. The van der Waals surface area contributed by atoms with Gasteiger partial charge in [-0.3, -0.25) is 5.10 Å². The predicted molar refractivity (Wildman–Crippen MR) is 101 cm³/mol. The molecule has 3 heterocycles. The van der Waals surface area contributed by atoms with Gasteiger partial charge in [0.2, 0.25) is 0 Å². The molecular weight excluding hydrogens is 358 g/mol. The van der Waals surface area contributed by atoms with Crippen LogP contribution < -0.4 is 5.32 Å². The molecule has 9 heteroatoms.